The minimum atomic E-state index is -1.13. The summed E-state index contributed by atoms with van der Waals surface area (Å²) in [5.41, 5.74) is 1.38. The van der Waals surface area contributed by atoms with Crippen molar-refractivity contribution < 1.29 is 24.2 Å². The lowest BCUT2D eigenvalue weighted by Crippen LogP contribution is -2.50. The fraction of sp³-hybridized carbons (Fsp3) is 0.357. The number of fused-ring (bicyclic) bond motifs is 1. The summed E-state index contributed by atoms with van der Waals surface area (Å²) in [6, 6.07) is 5.19. The zero-order valence-corrected chi connectivity index (χ0v) is 11.8. The quantitative estimate of drug-likeness (QED) is 0.832. The third-order valence-electron chi connectivity index (χ3n) is 3.16. The lowest BCUT2D eigenvalue weighted by Gasteiger charge is -2.33. The summed E-state index contributed by atoms with van der Waals surface area (Å²) in [7, 11) is 1.47. The van der Waals surface area contributed by atoms with E-state index in [-0.39, 0.29) is 12.5 Å². The van der Waals surface area contributed by atoms with E-state index in [1.165, 1.54) is 11.9 Å². The van der Waals surface area contributed by atoms with E-state index in [2.05, 4.69) is 5.32 Å². The number of carboxylic acid groups (broad SMARTS) is 1. The smallest absolute Gasteiger partial charge is 0.307 e. The van der Waals surface area contributed by atoms with Crippen molar-refractivity contribution in [2.75, 3.05) is 18.5 Å². The normalized spacial score (nSPS) is 17.0. The van der Waals surface area contributed by atoms with Gasteiger partial charge in [0, 0.05) is 7.05 Å². The zero-order valence-electron chi connectivity index (χ0n) is 11.8. The Morgan fingerprint density at radius 2 is 2.14 bits per heavy atom. The molecule has 21 heavy (non-hydrogen) atoms. The van der Waals surface area contributed by atoms with Crippen molar-refractivity contribution in [1.29, 1.82) is 0 Å². The van der Waals surface area contributed by atoms with Gasteiger partial charge in [-0.05, 0) is 24.6 Å². The van der Waals surface area contributed by atoms with Gasteiger partial charge in [0.05, 0.1) is 12.1 Å². The van der Waals surface area contributed by atoms with E-state index in [1.807, 2.05) is 6.92 Å². The van der Waals surface area contributed by atoms with Crippen LogP contribution >= 0.6 is 0 Å². The molecule has 1 aliphatic heterocycles. The maximum absolute atomic E-state index is 12.3. The van der Waals surface area contributed by atoms with E-state index in [0.717, 1.165) is 5.56 Å². The molecule has 0 fully saturated rings. The Labute approximate surface area is 121 Å². The van der Waals surface area contributed by atoms with Gasteiger partial charge in [0.1, 0.15) is 12.3 Å². The molecule has 0 saturated heterocycles. The number of hydrogen-bond donors (Lipinski definition) is 2. The van der Waals surface area contributed by atoms with Crippen LogP contribution in [0, 0.1) is 6.92 Å². The molecular weight excluding hydrogens is 276 g/mol. The topological polar surface area (TPSA) is 95.9 Å². The van der Waals surface area contributed by atoms with Crippen LogP contribution in [0.4, 0.5) is 5.69 Å². The number of anilines is 1. The highest BCUT2D eigenvalue weighted by molar-refractivity contribution is 6.04. The Morgan fingerprint density at radius 3 is 2.76 bits per heavy atom. The van der Waals surface area contributed by atoms with Crippen molar-refractivity contribution in [3.63, 3.8) is 0 Å². The van der Waals surface area contributed by atoms with E-state index in [0.29, 0.717) is 11.4 Å². The van der Waals surface area contributed by atoms with Crippen molar-refractivity contribution in [2.24, 2.45) is 0 Å². The summed E-state index contributed by atoms with van der Waals surface area (Å²) < 4.78 is 5.48. The summed E-state index contributed by atoms with van der Waals surface area (Å²) in [6.07, 6.45) is -1.57. The largest absolute Gasteiger partial charge is 0.481 e. The van der Waals surface area contributed by atoms with Crippen LogP contribution in [-0.2, 0) is 14.4 Å². The number of carbonyl (C=O) groups is 3. The third-order valence-corrected chi connectivity index (χ3v) is 3.16. The number of ether oxygens (including phenoxy) is 1. The van der Waals surface area contributed by atoms with E-state index in [9.17, 15) is 14.4 Å². The molecule has 0 aliphatic carbocycles. The van der Waals surface area contributed by atoms with Gasteiger partial charge in [-0.3, -0.25) is 19.3 Å². The molecule has 1 unspecified atom stereocenters. The van der Waals surface area contributed by atoms with Crippen molar-refractivity contribution in [3.05, 3.63) is 23.8 Å². The van der Waals surface area contributed by atoms with Crippen LogP contribution in [-0.4, -0.2) is 42.6 Å². The second-order valence-electron chi connectivity index (χ2n) is 4.77. The number of nitrogens with one attached hydrogen (secondary N) is 1. The minimum absolute atomic E-state index is 0.176. The number of benzene rings is 1. The van der Waals surface area contributed by atoms with Crippen LogP contribution < -0.4 is 15.0 Å². The molecule has 1 atom stereocenters. The average Bonchev–Trinajstić information content (AvgIpc) is 2.42. The average molecular weight is 292 g/mol. The third kappa shape index (κ3) is 3.13. The van der Waals surface area contributed by atoms with Crippen LogP contribution in [0.3, 0.4) is 0 Å². The molecule has 1 aromatic carbocycles. The first-order chi connectivity index (χ1) is 9.92. The minimum Gasteiger partial charge on any atom is -0.481 e. The standard InChI is InChI=1S/C14H16N2O5/c1-8-3-4-9-10(5-8)21-11(6-13(18)19)14(20)16(9)7-12(17)15-2/h3-5,11H,6-7H2,1-2H3,(H,15,17)(H,18,19). The Bertz CT molecular complexity index is 599. The fourth-order valence-electron chi connectivity index (χ4n) is 2.11. The number of likely N-dealkylation sites (N-methyl/N-ethyl adjacent to an activating group) is 1. The Balaban J connectivity index is 2.38. The summed E-state index contributed by atoms with van der Waals surface area (Å²) in [4.78, 5) is 36.0. The number of carboxylic acids is 1. The molecule has 0 bridgehead atoms. The first-order valence-corrected chi connectivity index (χ1v) is 6.43. The van der Waals surface area contributed by atoms with Gasteiger partial charge in [0.15, 0.2) is 6.10 Å². The number of nitrogens with zero attached hydrogens (tertiary/aromatic N) is 1. The van der Waals surface area contributed by atoms with Gasteiger partial charge >= 0.3 is 5.97 Å². The number of aliphatic carboxylic acids is 1. The SMILES string of the molecule is CNC(=O)CN1C(=O)C(CC(=O)O)Oc2cc(C)ccc21. The molecule has 7 nitrogen and oxygen atoms in total. The van der Waals surface area contributed by atoms with E-state index in [1.54, 1.807) is 18.2 Å². The van der Waals surface area contributed by atoms with Crippen LogP contribution in [0.1, 0.15) is 12.0 Å². The fourth-order valence-corrected chi connectivity index (χ4v) is 2.11. The molecule has 0 aromatic heterocycles. The molecule has 1 heterocycles. The number of aryl methyl sites for hydroxylation is 1. The van der Waals surface area contributed by atoms with Gasteiger partial charge in [-0.15, -0.1) is 0 Å². The molecule has 112 valence electrons. The Hall–Kier alpha value is -2.57. The van der Waals surface area contributed by atoms with Gasteiger partial charge in [0.25, 0.3) is 5.91 Å². The number of carbonyl (C=O) groups excluding carboxylic acids is 2. The zero-order chi connectivity index (χ0) is 15.6. The lowest BCUT2D eigenvalue weighted by molar-refractivity contribution is -0.142. The second-order valence-corrected chi connectivity index (χ2v) is 4.77. The van der Waals surface area contributed by atoms with Crippen LogP contribution in [0.15, 0.2) is 18.2 Å². The van der Waals surface area contributed by atoms with E-state index < -0.39 is 24.4 Å². The van der Waals surface area contributed by atoms with Gasteiger partial charge in [0.2, 0.25) is 5.91 Å². The highest BCUT2D eigenvalue weighted by Gasteiger charge is 2.36. The van der Waals surface area contributed by atoms with Gasteiger partial charge < -0.3 is 15.2 Å². The van der Waals surface area contributed by atoms with Gasteiger partial charge in [-0.25, -0.2) is 0 Å². The van der Waals surface area contributed by atoms with Crippen molar-refractivity contribution in [2.45, 2.75) is 19.4 Å². The van der Waals surface area contributed by atoms with E-state index in [4.69, 9.17) is 9.84 Å². The molecular formula is C14H16N2O5. The molecule has 2 N–H and O–H groups in total. The molecule has 0 saturated carbocycles. The van der Waals surface area contributed by atoms with Crippen molar-refractivity contribution in [3.8, 4) is 5.75 Å². The molecule has 2 amide bonds. The first kappa shape index (κ1) is 14.8. The summed E-state index contributed by atoms with van der Waals surface area (Å²) in [5, 5.41) is 11.3. The highest BCUT2D eigenvalue weighted by atomic mass is 16.5. The lowest BCUT2D eigenvalue weighted by atomic mass is 10.1. The van der Waals surface area contributed by atoms with Crippen LogP contribution in [0.2, 0.25) is 0 Å². The summed E-state index contributed by atoms with van der Waals surface area (Å²) in [6.45, 7) is 1.68. The monoisotopic (exact) mass is 292 g/mol. The first-order valence-electron chi connectivity index (χ1n) is 6.43. The maximum atomic E-state index is 12.3. The summed E-state index contributed by atoms with van der Waals surface area (Å²) in [5.74, 6) is -1.60. The molecule has 1 aromatic rings. The molecule has 1 aliphatic rings. The Kier molecular flexibility index (Phi) is 4.11. The summed E-state index contributed by atoms with van der Waals surface area (Å²) >= 11 is 0. The highest BCUT2D eigenvalue weighted by Crippen LogP contribution is 2.35. The molecule has 2 rings (SSSR count). The van der Waals surface area contributed by atoms with E-state index >= 15 is 0 Å². The van der Waals surface area contributed by atoms with Crippen molar-refractivity contribution in [1.82, 2.24) is 5.32 Å². The van der Waals surface area contributed by atoms with Gasteiger partial charge in [-0.1, -0.05) is 6.07 Å². The molecule has 0 radical (unpaired) electrons. The van der Waals surface area contributed by atoms with Crippen LogP contribution in [0.5, 0.6) is 5.75 Å². The maximum Gasteiger partial charge on any atom is 0.307 e. The molecule has 7 heteroatoms. The predicted octanol–water partition coefficient (Wildman–Crippen LogP) is 0.310. The number of hydrogen-bond acceptors (Lipinski definition) is 4. The number of amides is 2. The number of rotatable bonds is 4. The Morgan fingerprint density at radius 1 is 1.43 bits per heavy atom. The molecule has 0 spiro atoms. The van der Waals surface area contributed by atoms with Gasteiger partial charge in [-0.2, -0.15) is 0 Å². The van der Waals surface area contributed by atoms with Crippen LogP contribution in [0.25, 0.3) is 0 Å². The second kappa shape index (κ2) is 5.82. The van der Waals surface area contributed by atoms with Crippen molar-refractivity contribution >= 4 is 23.5 Å². The predicted molar refractivity (Wildman–Crippen MR) is 74.3 cm³/mol.